The van der Waals surface area contributed by atoms with Crippen LogP contribution in [0.5, 0.6) is 0 Å². The predicted molar refractivity (Wildman–Crippen MR) is 93.0 cm³/mol. The molecule has 0 spiro atoms. The number of fused-ring (bicyclic) bond motifs is 1. The molecule has 4 rings (SSSR count). The van der Waals surface area contributed by atoms with E-state index in [0.717, 1.165) is 34.2 Å². The van der Waals surface area contributed by atoms with Gasteiger partial charge in [-0.1, -0.05) is 53.3 Å². The summed E-state index contributed by atoms with van der Waals surface area (Å²) >= 11 is 7.53. The number of aromatic nitrogens is 4. The maximum Gasteiger partial charge on any atom is 0.234 e. The zero-order chi connectivity index (χ0) is 15.6. The number of rotatable bonds is 4. The van der Waals surface area contributed by atoms with Crippen molar-refractivity contribution in [2.24, 2.45) is 0 Å². The Morgan fingerprint density at radius 2 is 1.70 bits per heavy atom. The molecule has 0 unspecified atom stereocenters. The molecule has 4 nitrogen and oxygen atoms in total. The lowest BCUT2D eigenvalue weighted by Gasteiger charge is -1.98. The van der Waals surface area contributed by atoms with E-state index in [2.05, 4.69) is 39.6 Å². The molecule has 4 aromatic rings. The number of benzene rings is 2. The van der Waals surface area contributed by atoms with Crippen molar-refractivity contribution in [1.29, 1.82) is 0 Å². The quantitative estimate of drug-likeness (QED) is 0.556. The SMILES string of the molecule is Clc1ccc(-c2nnc3sc(CCc4ccccc4)nn23)cc1. The van der Waals surface area contributed by atoms with Crippen LogP contribution >= 0.6 is 22.9 Å². The van der Waals surface area contributed by atoms with Crippen molar-refractivity contribution in [3.63, 3.8) is 0 Å². The summed E-state index contributed by atoms with van der Waals surface area (Å²) in [6.45, 7) is 0. The Morgan fingerprint density at radius 1 is 0.913 bits per heavy atom. The Hall–Kier alpha value is -2.24. The van der Waals surface area contributed by atoms with Crippen molar-refractivity contribution < 1.29 is 0 Å². The van der Waals surface area contributed by atoms with Crippen LogP contribution in [-0.4, -0.2) is 19.8 Å². The smallest absolute Gasteiger partial charge is 0.183 e. The van der Waals surface area contributed by atoms with Gasteiger partial charge in [0, 0.05) is 17.0 Å². The minimum absolute atomic E-state index is 0.705. The first-order valence-corrected chi connectivity index (χ1v) is 8.50. The Bertz CT molecular complexity index is 928. The van der Waals surface area contributed by atoms with Crippen LogP contribution in [0.1, 0.15) is 10.6 Å². The average Bonchev–Trinajstić information content (AvgIpc) is 3.15. The third-order valence-corrected chi connectivity index (χ3v) is 4.82. The maximum absolute atomic E-state index is 5.94. The Labute approximate surface area is 142 Å². The normalized spacial score (nSPS) is 11.2. The highest BCUT2D eigenvalue weighted by Crippen LogP contribution is 2.23. The lowest BCUT2D eigenvalue weighted by atomic mass is 10.1. The number of nitrogens with zero attached hydrogens (tertiary/aromatic N) is 4. The summed E-state index contributed by atoms with van der Waals surface area (Å²) in [6.07, 6.45) is 1.87. The van der Waals surface area contributed by atoms with Gasteiger partial charge < -0.3 is 0 Å². The third kappa shape index (κ3) is 2.98. The van der Waals surface area contributed by atoms with Gasteiger partial charge in [-0.2, -0.15) is 9.61 Å². The zero-order valence-corrected chi connectivity index (χ0v) is 13.8. The van der Waals surface area contributed by atoms with E-state index in [1.807, 2.05) is 34.8 Å². The zero-order valence-electron chi connectivity index (χ0n) is 12.2. The van der Waals surface area contributed by atoms with E-state index in [4.69, 9.17) is 11.6 Å². The summed E-state index contributed by atoms with van der Waals surface area (Å²) in [6, 6.07) is 18.0. The molecule has 0 amide bonds. The van der Waals surface area contributed by atoms with E-state index >= 15 is 0 Å². The number of aryl methyl sites for hydroxylation is 2. The molecule has 0 saturated carbocycles. The first-order chi connectivity index (χ1) is 11.3. The van der Waals surface area contributed by atoms with Crippen molar-refractivity contribution in [3.05, 3.63) is 70.2 Å². The minimum Gasteiger partial charge on any atom is -0.183 e. The average molecular weight is 341 g/mol. The molecule has 0 atom stereocenters. The van der Waals surface area contributed by atoms with Crippen LogP contribution in [0.15, 0.2) is 54.6 Å². The molecule has 0 fully saturated rings. The highest BCUT2D eigenvalue weighted by molar-refractivity contribution is 7.16. The van der Waals surface area contributed by atoms with Gasteiger partial charge in [0.25, 0.3) is 0 Å². The van der Waals surface area contributed by atoms with Gasteiger partial charge in [0.2, 0.25) is 4.96 Å². The molecule has 0 aliphatic rings. The summed E-state index contributed by atoms with van der Waals surface area (Å²) in [4.78, 5) is 0.818. The van der Waals surface area contributed by atoms with Gasteiger partial charge in [0.1, 0.15) is 5.01 Å². The Kier molecular flexibility index (Phi) is 3.81. The van der Waals surface area contributed by atoms with Crippen LogP contribution in [0.3, 0.4) is 0 Å². The first kappa shape index (κ1) is 14.4. The highest BCUT2D eigenvalue weighted by atomic mass is 35.5. The monoisotopic (exact) mass is 340 g/mol. The van der Waals surface area contributed by atoms with Crippen molar-refractivity contribution in [2.45, 2.75) is 12.8 Å². The van der Waals surface area contributed by atoms with Crippen molar-refractivity contribution in [3.8, 4) is 11.4 Å². The van der Waals surface area contributed by atoms with E-state index in [0.29, 0.717) is 5.02 Å². The van der Waals surface area contributed by atoms with Crippen LogP contribution in [0.2, 0.25) is 5.02 Å². The standard InChI is InChI=1S/C17H13ClN4S/c18-14-9-7-13(8-10-14)16-19-20-17-22(16)21-15(23-17)11-6-12-4-2-1-3-5-12/h1-5,7-10H,6,11H2. The van der Waals surface area contributed by atoms with Gasteiger partial charge in [0.05, 0.1) is 0 Å². The number of hydrogen-bond donors (Lipinski definition) is 0. The molecule has 0 aliphatic heterocycles. The van der Waals surface area contributed by atoms with E-state index < -0.39 is 0 Å². The molecule has 0 radical (unpaired) electrons. The molecule has 2 aromatic heterocycles. The molecule has 0 bridgehead atoms. The van der Waals surface area contributed by atoms with Gasteiger partial charge >= 0.3 is 0 Å². The highest BCUT2D eigenvalue weighted by Gasteiger charge is 2.13. The molecule has 6 heteroatoms. The second kappa shape index (κ2) is 6.10. The number of hydrogen-bond acceptors (Lipinski definition) is 4. The van der Waals surface area contributed by atoms with E-state index in [1.54, 1.807) is 11.3 Å². The topological polar surface area (TPSA) is 43.1 Å². The second-order valence-electron chi connectivity index (χ2n) is 5.21. The molecular weight excluding hydrogens is 328 g/mol. The third-order valence-electron chi connectivity index (χ3n) is 3.61. The maximum atomic E-state index is 5.94. The first-order valence-electron chi connectivity index (χ1n) is 7.30. The molecule has 23 heavy (non-hydrogen) atoms. The summed E-state index contributed by atoms with van der Waals surface area (Å²) < 4.78 is 1.81. The largest absolute Gasteiger partial charge is 0.234 e. The fourth-order valence-corrected chi connectivity index (χ4v) is 3.39. The lowest BCUT2D eigenvalue weighted by Crippen LogP contribution is -1.94. The summed E-state index contributed by atoms with van der Waals surface area (Å²) in [7, 11) is 0. The Morgan fingerprint density at radius 3 is 2.48 bits per heavy atom. The minimum atomic E-state index is 0.705. The van der Waals surface area contributed by atoms with Gasteiger partial charge in [-0.3, -0.25) is 0 Å². The molecule has 2 aromatic carbocycles. The molecule has 114 valence electrons. The van der Waals surface area contributed by atoms with Crippen LogP contribution in [0.25, 0.3) is 16.3 Å². The van der Waals surface area contributed by atoms with Gasteiger partial charge in [-0.05, 0) is 36.2 Å². The van der Waals surface area contributed by atoms with Gasteiger partial charge in [-0.15, -0.1) is 10.2 Å². The summed E-state index contributed by atoms with van der Waals surface area (Å²) in [5.41, 5.74) is 2.28. The van der Waals surface area contributed by atoms with Crippen molar-refractivity contribution in [2.75, 3.05) is 0 Å². The van der Waals surface area contributed by atoms with Gasteiger partial charge in [-0.25, -0.2) is 0 Å². The Balaban J connectivity index is 1.60. The predicted octanol–water partition coefficient (Wildman–Crippen LogP) is 4.29. The van der Waals surface area contributed by atoms with Crippen molar-refractivity contribution in [1.82, 2.24) is 19.8 Å². The van der Waals surface area contributed by atoms with Crippen LogP contribution < -0.4 is 0 Å². The van der Waals surface area contributed by atoms with Crippen LogP contribution in [0.4, 0.5) is 0 Å². The van der Waals surface area contributed by atoms with Crippen molar-refractivity contribution >= 4 is 27.9 Å². The van der Waals surface area contributed by atoms with Gasteiger partial charge in [0.15, 0.2) is 5.82 Å². The van der Waals surface area contributed by atoms with E-state index in [-0.39, 0.29) is 0 Å². The molecule has 0 N–H and O–H groups in total. The molecule has 2 heterocycles. The van der Waals surface area contributed by atoms with E-state index in [9.17, 15) is 0 Å². The molecule has 0 saturated heterocycles. The van der Waals surface area contributed by atoms with Crippen LogP contribution in [0, 0.1) is 0 Å². The summed E-state index contributed by atoms with van der Waals surface area (Å²) in [5, 5.41) is 14.9. The lowest BCUT2D eigenvalue weighted by molar-refractivity contribution is 0.865. The molecular formula is C17H13ClN4S. The second-order valence-corrected chi connectivity index (χ2v) is 6.68. The van der Waals surface area contributed by atoms with Crippen LogP contribution in [-0.2, 0) is 12.8 Å². The van der Waals surface area contributed by atoms with E-state index in [1.165, 1.54) is 5.56 Å². The number of halogens is 1. The fourth-order valence-electron chi connectivity index (χ4n) is 2.43. The summed E-state index contributed by atoms with van der Waals surface area (Å²) in [5.74, 6) is 0.749. The molecule has 0 aliphatic carbocycles. The fraction of sp³-hybridized carbons (Fsp3) is 0.118.